The van der Waals surface area contributed by atoms with E-state index in [9.17, 15) is 24.3 Å². The van der Waals surface area contributed by atoms with Crippen molar-refractivity contribution in [3.8, 4) is 0 Å². The minimum absolute atomic E-state index is 0.0429. The molecule has 5 rings (SSSR count). The molecule has 2 fully saturated rings. The van der Waals surface area contributed by atoms with E-state index in [1.165, 1.54) is 22.0 Å². The number of carboxylic acids is 2. The highest BCUT2D eigenvalue weighted by atomic mass is 32.2. The van der Waals surface area contributed by atoms with Crippen LogP contribution in [0.4, 0.5) is 10.8 Å². The smallest absolute Gasteiger partial charge is 0.344 e. The molecule has 0 saturated carbocycles. The molecule has 3 aromatic heterocycles. The molecule has 0 spiro atoms. The maximum atomic E-state index is 13.0. The number of nitrogens with one attached hydrogen (secondary N) is 1. The summed E-state index contributed by atoms with van der Waals surface area (Å²) in [7, 11) is 0. The molecule has 7 N–H and O–H groups in total. The molecule has 40 heavy (non-hydrogen) atoms. The molecular weight excluding hydrogens is 590 g/mol. The van der Waals surface area contributed by atoms with E-state index in [0.717, 1.165) is 27.7 Å². The van der Waals surface area contributed by atoms with Crippen molar-refractivity contribution in [1.82, 2.24) is 40.5 Å². The number of hydrogen-bond donors (Lipinski definition) is 5. The van der Waals surface area contributed by atoms with Gasteiger partial charge in [-0.1, -0.05) is 5.16 Å². The number of anilines is 2. The van der Waals surface area contributed by atoms with Crippen LogP contribution in [0, 0.1) is 5.41 Å². The molecule has 0 aliphatic carbocycles. The molecule has 2 saturated heterocycles. The van der Waals surface area contributed by atoms with Gasteiger partial charge >= 0.3 is 11.9 Å². The van der Waals surface area contributed by atoms with Gasteiger partial charge in [-0.05, 0) is 16.5 Å². The Balaban J connectivity index is 1.26. The van der Waals surface area contributed by atoms with E-state index in [1.54, 1.807) is 6.07 Å². The summed E-state index contributed by atoms with van der Waals surface area (Å²) in [5.41, 5.74) is 10.5. The lowest BCUT2D eigenvalue weighted by atomic mass is 9.89. The Morgan fingerprint density at radius 2 is 2.12 bits per heavy atom. The van der Waals surface area contributed by atoms with Crippen LogP contribution in [0.1, 0.15) is 5.69 Å². The molecule has 5 heterocycles. The first-order valence-corrected chi connectivity index (χ1v) is 14.1. The number of oxime groups is 1. The van der Waals surface area contributed by atoms with Crippen molar-refractivity contribution in [3.05, 3.63) is 17.1 Å². The van der Waals surface area contributed by atoms with E-state index in [0.29, 0.717) is 5.03 Å². The molecule has 2 aliphatic heterocycles. The Hall–Kier alpha value is -4.24. The summed E-state index contributed by atoms with van der Waals surface area (Å²) in [6.45, 7) is -0.891. The number of rotatable bonds is 10. The number of carbonyl (C=O) groups excluding carboxylic acids is 2. The largest absolute Gasteiger partial charge is 0.481 e. The van der Waals surface area contributed by atoms with Gasteiger partial charge in [0, 0.05) is 23.4 Å². The molecule has 18 nitrogen and oxygen atoms in total. The lowest BCUT2D eigenvalue weighted by Crippen LogP contribution is -2.74. The number of nitrogen functional groups attached to an aromatic ring is 2. The number of fused-ring (bicyclic) bond motifs is 2. The highest BCUT2D eigenvalue weighted by Crippen LogP contribution is 2.44. The molecule has 0 aromatic carbocycles. The number of carboxylic acid groups (broad SMARTS) is 2. The molecule has 0 radical (unpaired) electrons. The van der Waals surface area contributed by atoms with Gasteiger partial charge in [-0.3, -0.25) is 14.4 Å². The fourth-order valence-electron chi connectivity index (χ4n) is 3.89. The molecule has 210 valence electrons. The van der Waals surface area contributed by atoms with Crippen LogP contribution in [-0.2, 0) is 24.0 Å². The van der Waals surface area contributed by atoms with Crippen LogP contribution in [0.2, 0.25) is 0 Å². The lowest BCUT2D eigenvalue weighted by molar-refractivity contribution is -0.157. The standard InChI is InChI=1S/C19H19N11O7S3/c20-7-1-9(25-30-13(7)24-27-28-30)39-5-19(17(35)36)4-29-15(34)12(16(29)40-6-19)23-14(33)11(26-37-2-10(31)32)8-3-38-18(21)22-8/h1,3,12,16H,2,4-6,20H2,(H2,21,22)(H,23,33)(H,31,32)(H,35,36)/t12?,16-,19?/m1/s1. The van der Waals surface area contributed by atoms with Crippen molar-refractivity contribution < 1.29 is 34.2 Å². The number of tetrazole rings is 1. The molecule has 2 unspecified atom stereocenters. The van der Waals surface area contributed by atoms with Crippen molar-refractivity contribution in [2.45, 2.75) is 16.4 Å². The molecule has 2 amide bonds. The van der Waals surface area contributed by atoms with Gasteiger partial charge in [-0.2, -0.15) is 0 Å². The SMILES string of the molecule is Nc1nc(C(=NOCC(=O)O)C(=O)NC2C(=O)N3CC(CSc4cc(N)c5nnnn5n4)(C(=O)O)CS[C@H]23)cs1. The third-order valence-corrected chi connectivity index (χ3v) is 9.34. The summed E-state index contributed by atoms with van der Waals surface area (Å²) < 4.78 is 1.15. The van der Waals surface area contributed by atoms with Crippen LogP contribution in [-0.4, -0.2) is 111 Å². The summed E-state index contributed by atoms with van der Waals surface area (Å²) in [4.78, 5) is 59.2. The Bertz CT molecular complexity index is 1540. The lowest BCUT2D eigenvalue weighted by Gasteiger charge is -2.53. The normalized spacial score (nSPS) is 22.4. The van der Waals surface area contributed by atoms with Crippen LogP contribution in [0.3, 0.4) is 0 Å². The Morgan fingerprint density at radius 3 is 2.83 bits per heavy atom. The number of hydrogen-bond acceptors (Lipinski definition) is 16. The quantitative estimate of drug-likeness (QED) is 0.0735. The van der Waals surface area contributed by atoms with Crippen molar-refractivity contribution in [3.63, 3.8) is 0 Å². The van der Waals surface area contributed by atoms with E-state index in [2.05, 4.69) is 36.1 Å². The van der Waals surface area contributed by atoms with Gasteiger partial charge in [0.25, 0.3) is 5.91 Å². The van der Waals surface area contributed by atoms with Crippen molar-refractivity contribution in [2.24, 2.45) is 10.6 Å². The van der Waals surface area contributed by atoms with Gasteiger partial charge in [-0.15, -0.1) is 49.7 Å². The van der Waals surface area contributed by atoms with E-state index in [-0.39, 0.29) is 45.9 Å². The van der Waals surface area contributed by atoms with Gasteiger partial charge in [0.1, 0.15) is 27.6 Å². The van der Waals surface area contributed by atoms with Crippen molar-refractivity contribution >= 4 is 80.8 Å². The molecule has 2 aliphatic rings. The van der Waals surface area contributed by atoms with E-state index < -0.39 is 47.2 Å². The highest BCUT2D eigenvalue weighted by Gasteiger charge is 2.57. The molecule has 0 bridgehead atoms. The zero-order valence-corrected chi connectivity index (χ0v) is 22.5. The van der Waals surface area contributed by atoms with Crippen molar-refractivity contribution in [2.75, 3.05) is 36.1 Å². The van der Waals surface area contributed by atoms with Gasteiger partial charge in [-0.25, -0.2) is 9.78 Å². The first-order chi connectivity index (χ1) is 19.1. The van der Waals surface area contributed by atoms with Crippen LogP contribution >= 0.6 is 34.9 Å². The van der Waals surface area contributed by atoms with Crippen LogP contribution in [0.15, 0.2) is 21.6 Å². The highest BCUT2D eigenvalue weighted by molar-refractivity contribution is 8.00. The number of aliphatic carboxylic acids is 2. The van der Waals surface area contributed by atoms with Crippen molar-refractivity contribution in [1.29, 1.82) is 0 Å². The monoisotopic (exact) mass is 609 g/mol. The number of aromatic nitrogens is 6. The predicted octanol–water partition coefficient (Wildman–Crippen LogP) is -1.79. The first kappa shape index (κ1) is 27.3. The second-order valence-corrected chi connectivity index (χ2v) is 11.6. The fraction of sp³-hybridized carbons (Fsp3) is 0.368. The summed E-state index contributed by atoms with van der Waals surface area (Å²) in [5, 5.41) is 41.7. The maximum Gasteiger partial charge on any atom is 0.344 e. The third kappa shape index (κ3) is 5.16. The number of β-lactam (4-membered cyclic amide) rings is 1. The van der Waals surface area contributed by atoms with Gasteiger partial charge < -0.3 is 36.7 Å². The summed E-state index contributed by atoms with van der Waals surface area (Å²) in [6, 6.07) is 0.571. The second kappa shape index (κ2) is 10.7. The molecule has 3 aromatic rings. The number of nitrogens with two attached hydrogens (primary N) is 2. The second-order valence-electron chi connectivity index (χ2n) is 8.60. The minimum atomic E-state index is -1.31. The maximum absolute atomic E-state index is 13.0. The molecular formula is C19H19N11O7S3. The summed E-state index contributed by atoms with van der Waals surface area (Å²) >= 11 is 3.38. The van der Waals surface area contributed by atoms with Gasteiger partial charge in [0.05, 0.1) is 5.69 Å². The van der Waals surface area contributed by atoms with Crippen LogP contribution in [0.5, 0.6) is 0 Å². The van der Waals surface area contributed by atoms with Gasteiger partial charge in [0.2, 0.25) is 18.2 Å². The van der Waals surface area contributed by atoms with Gasteiger partial charge in [0.15, 0.2) is 10.8 Å². The summed E-state index contributed by atoms with van der Waals surface area (Å²) in [5.74, 6) is -3.49. The number of thiazole rings is 1. The number of amides is 2. The Morgan fingerprint density at radius 1 is 1.32 bits per heavy atom. The topological polar surface area (TPSA) is 266 Å². The zero-order chi connectivity index (χ0) is 28.6. The molecule has 3 atom stereocenters. The van der Waals surface area contributed by atoms with Crippen LogP contribution in [0.25, 0.3) is 5.65 Å². The molecule has 21 heteroatoms. The predicted molar refractivity (Wildman–Crippen MR) is 140 cm³/mol. The Labute approximate surface area is 235 Å². The van der Waals surface area contributed by atoms with E-state index in [4.69, 9.17) is 21.4 Å². The number of thioether (sulfide) groups is 2. The zero-order valence-electron chi connectivity index (χ0n) is 20.0. The average molecular weight is 610 g/mol. The number of nitrogens with zero attached hydrogens (tertiary/aromatic N) is 8. The summed E-state index contributed by atoms with van der Waals surface area (Å²) in [6.07, 6.45) is 0. The average Bonchev–Trinajstić information content (AvgIpc) is 3.57. The Kier molecular flexibility index (Phi) is 7.33. The van der Waals surface area contributed by atoms with E-state index in [1.807, 2.05) is 0 Å². The fourth-order valence-corrected chi connectivity index (χ4v) is 7.20. The van der Waals surface area contributed by atoms with E-state index >= 15 is 0 Å². The number of carbonyl (C=O) groups is 4. The minimum Gasteiger partial charge on any atom is -0.481 e. The first-order valence-electron chi connectivity index (χ1n) is 11.1. The third-order valence-electron chi connectivity index (χ3n) is 5.89. The van der Waals surface area contributed by atoms with Crippen LogP contribution < -0.4 is 16.8 Å².